The fourth-order valence-electron chi connectivity index (χ4n) is 9.47. The van der Waals surface area contributed by atoms with Crippen LogP contribution < -0.4 is 4.74 Å². The fraction of sp³-hybridized carbons (Fsp3) is 0.810. The van der Waals surface area contributed by atoms with Gasteiger partial charge < -0.3 is 23.7 Å². The van der Waals surface area contributed by atoms with Gasteiger partial charge in [-0.3, -0.25) is 0 Å². The van der Waals surface area contributed by atoms with E-state index in [2.05, 4.69) is 31.2 Å². The van der Waals surface area contributed by atoms with Gasteiger partial charge in [-0.25, -0.2) is 0 Å². The van der Waals surface area contributed by atoms with Gasteiger partial charge in [0.05, 0.1) is 19.3 Å². The van der Waals surface area contributed by atoms with E-state index in [1.807, 2.05) is 0 Å². The Hall–Kier alpha value is -1.56. The molecule has 2 aliphatic heterocycles. The number of ether oxygens (including phenoxy) is 5. The second-order valence-electron chi connectivity index (χ2n) is 16.3. The normalized spacial score (nSPS) is 30.3. The summed E-state index contributed by atoms with van der Waals surface area (Å²) in [6.07, 6.45) is 14.1. The van der Waals surface area contributed by atoms with Crippen molar-refractivity contribution >= 4 is 17.5 Å². The summed E-state index contributed by atoms with van der Waals surface area (Å²) >= 11 is 1.47. The third kappa shape index (κ3) is 10.6. The van der Waals surface area contributed by atoms with Gasteiger partial charge in [0, 0.05) is 25.0 Å². The zero-order valence-corrected chi connectivity index (χ0v) is 32.4. The molecular formula is C42H61F5O5S. The lowest BCUT2D eigenvalue weighted by Gasteiger charge is -2.50. The second kappa shape index (κ2) is 19.1. The molecule has 6 rings (SSSR count). The molecule has 2 saturated carbocycles. The van der Waals surface area contributed by atoms with Crippen molar-refractivity contribution in [3.8, 4) is 5.75 Å². The van der Waals surface area contributed by atoms with Crippen LogP contribution in [0.15, 0.2) is 24.3 Å². The topological polar surface area (TPSA) is 46.2 Å². The average Bonchev–Trinajstić information content (AvgIpc) is 3.47. The Balaban J connectivity index is 0.976. The summed E-state index contributed by atoms with van der Waals surface area (Å²) in [4.78, 5) is 0. The molecule has 2 heterocycles. The first-order chi connectivity index (χ1) is 25.5. The summed E-state index contributed by atoms with van der Waals surface area (Å²) < 4.78 is 94.5. The second-order valence-corrected chi connectivity index (χ2v) is 17.5. The van der Waals surface area contributed by atoms with Gasteiger partial charge in [0.15, 0.2) is 12.6 Å². The molecule has 7 atom stereocenters. The highest BCUT2D eigenvalue weighted by Gasteiger charge is 2.57. The molecule has 0 N–H and O–H groups in total. The van der Waals surface area contributed by atoms with Gasteiger partial charge in [0.2, 0.25) is 0 Å². The molecule has 1 aromatic carbocycles. The Morgan fingerprint density at radius 1 is 0.792 bits per heavy atom. The van der Waals surface area contributed by atoms with Gasteiger partial charge in [-0.15, -0.1) is 0 Å². The van der Waals surface area contributed by atoms with Crippen molar-refractivity contribution in [1.82, 2.24) is 0 Å². The highest BCUT2D eigenvalue weighted by molar-refractivity contribution is 7.99. The molecule has 2 saturated heterocycles. The molecule has 0 bridgehead atoms. The zero-order chi connectivity index (χ0) is 37.3. The van der Waals surface area contributed by atoms with Crippen LogP contribution in [0.3, 0.4) is 0 Å². The minimum atomic E-state index is -5.45. The van der Waals surface area contributed by atoms with Crippen molar-refractivity contribution in [1.29, 1.82) is 0 Å². The molecule has 0 radical (unpaired) electrons. The van der Waals surface area contributed by atoms with Gasteiger partial charge >= 0.3 is 12.1 Å². The molecule has 11 heteroatoms. The molecule has 0 spiro atoms. The molecule has 3 aliphatic carbocycles. The van der Waals surface area contributed by atoms with E-state index in [1.165, 1.54) is 23.7 Å². The molecule has 53 heavy (non-hydrogen) atoms. The molecule has 300 valence electrons. The maximum Gasteiger partial charge on any atom is 0.453 e. The quantitative estimate of drug-likeness (QED) is 0.103. The molecule has 4 fully saturated rings. The molecule has 2 unspecified atom stereocenters. The Labute approximate surface area is 317 Å². The van der Waals surface area contributed by atoms with E-state index in [4.69, 9.17) is 23.7 Å². The number of hydrogen-bond donors (Lipinski definition) is 0. The molecule has 0 amide bonds. The summed E-state index contributed by atoms with van der Waals surface area (Å²) in [7, 11) is 0. The number of halogens is 5. The van der Waals surface area contributed by atoms with Crippen LogP contribution in [0, 0.1) is 17.3 Å². The third-order valence-electron chi connectivity index (χ3n) is 12.5. The maximum absolute atomic E-state index is 13.0. The number of allylic oxidation sites excluding steroid dienone is 1. The van der Waals surface area contributed by atoms with Crippen molar-refractivity contribution in [2.45, 2.75) is 166 Å². The van der Waals surface area contributed by atoms with E-state index < -0.39 is 18.5 Å². The Morgan fingerprint density at radius 3 is 2.21 bits per heavy atom. The number of thioether (sulfide) groups is 1. The number of hydrogen-bond acceptors (Lipinski definition) is 6. The molecule has 5 aliphatic rings. The van der Waals surface area contributed by atoms with Crippen LogP contribution in [0.1, 0.15) is 146 Å². The predicted octanol–water partition coefficient (Wildman–Crippen LogP) is 12.2. The molecule has 0 aromatic heterocycles. The first-order valence-corrected chi connectivity index (χ1v) is 21.8. The number of unbranched alkanes of at least 4 members (excludes halogenated alkanes) is 6. The third-order valence-corrected chi connectivity index (χ3v) is 13.7. The average molecular weight is 773 g/mol. The fourth-order valence-corrected chi connectivity index (χ4v) is 10.4. The van der Waals surface area contributed by atoms with Crippen LogP contribution in [0.5, 0.6) is 5.75 Å². The highest BCUT2D eigenvalue weighted by Crippen LogP contribution is 2.62. The number of fused-ring (bicyclic) bond motifs is 5. The van der Waals surface area contributed by atoms with Gasteiger partial charge in [-0.1, -0.05) is 45.1 Å². The maximum atomic E-state index is 13.0. The Kier molecular flexibility index (Phi) is 14.8. The van der Waals surface area contributed by atoms with E-state index >= 15 is 0 Å². The van der Waals surface area contributed by atoms with E-state index in [9.17, 15) is 22.0 Å². The Morgan fingerprint density at radius 2 is 1.49 bits per heavy atom. The number of rotatable bonds is 19. The highest BCUT2D eigenvalue weighted by atomic mass is 32.2. The van der Waals surface area contributed by atoms with Crippen LogP contribution in [0.25, 0.3) is 5.76 Å². The predicted molar refractivity (Wildman–Crippen MR) is 199 cm³/mol. The van der Waals surface area contributed by atoms with E-state index in [-0.39, 0.29) is 30.5 Å². The Bertz CT molecular complexity index is 1310. The van der Waals surface area contributed by atoms with Crippen molar-refractivity contribution in [3.63, 3.8) is 0 Å². The van der Waals surface area contributed by atoms with Crippen molar-refractivity contribution < 1.29 is 45.6 Å². The summed E-state index contributed by atoms with van der Waals surface area (Å²) in [6.45, 7) is 4.67. The smallest absolute Gasteiger partial charge is 0.453 e. The van der Waals surface area contributed by atoms with Crippen LogP contribution >= 0.6 is 11.8 Å². The van der Waals surface area contributed by atoms with Crippen molar-refractivity contribution in [2.24, 2.45) is 17.3 Å². The minimum Gasteiger partial charge on any atom is -0.493 e. The van der Waals surface area contributed by atoms with E-state index in [0.717, 1.165) is 139 Å². The lowest BCUT2D eigenvalue weighted by Crippen LogP contribution is -2.45. The molecular weight excluding hydrogens is 712 g/mol. The van der Waals surface area contributed by atoms with Crippen molar-refractivity contribution in [3.05, 3.63) is 35.4 Å². The lowest BCUT2D eigenvalue weighted by atomic mass is 9.57. The van der Waals surface area contributed by atoms with Gasteiger partial charge in [-0.2, -0.15) is 33.7 Å². The van der Waals surface area contributed by atoms with E-state index in [1.54, 1.807) is 0 Å². The monoisotopic (exact) mass is 772 g/mol. The van der Waals surface area contributed by atoms with Gasteiger partial charge in [-0.05, 0) is 135 Å². The van der Waals surface area contributed by atoms with Crippen LogP contribution in [-0.4, -0.2) is 62.1 Å². The zero-order valence-electron chi connectivity index (χ0n) is 31.6. The first-order valence-electron chi connectivity index (χ1n) is 20.6. The number of benzene rings is 1. The summed E-state index contributed by atoms with van der Waals surface area (Å²) in [5, 5.41) is 0. The van der Waals surface area contributed by atoms with Gasteiger partial charge in [0.25, 0.3) is 0 Å². The SMILES string of the molecule is C[C@]12CC[C@@H]3c4ccc(OC5CCCCO5)cc4C(OCCCCCCCCCSCCCC(F)(F)C(F)(F)F)=C[C@H]3[C@@H]1CC[C@@H]2OC1CCCCO1. The summed E-state index contributed by atoms with van der Waals surface area (Å²) in [5.41, 5.74) is 2.66. The summed E-state index contributed by atoms with van der Waals surface area (Å²) in [6, 6.07) is 6.60. The first kappa shape index (κ1) is 41.1. The van der Waals surface area contributed by atoms with E-state index in [0.29, 0.717) is 30.1 Å². The summed E-state index contributed by atoms with van der Waals surface area (Å²) in [5.74, 6) is -0.228. The minimum absolute atomic E-state index is 0.0631. The standard InChI is InChI=1S/C42H61F5O5S/c1-40-22-20-32-31-17-16-30(51-38-14-7-10-24-49-38)28-34(31)36(29-33(32)35(40)18-19-37(40)52-39-15-8-11-25-50-39)48-23-9-5-3-2-4-6-12-26-53-27-13-21-41(43,44)42(45,46)47/h16-17,28-29,32-33,35,37-39H,2-15,18-27H2,1H3/t32-,33-,35+,37+,38?,39?,40+/m1/s1. The van der Waals surface area contributed by atoms with Crippen LogP contribution in [0.2, 0.25) is 0 Å². The van der Waals surface area contributed by atoms with Crippen LogP contribution in [-0.2, 0) is 18.9 Å². The molecule has 1 aromatic rings. The number of alkyl halides is 5. The van der Waals surface area contributed by atoms with Crippen molar-refractivity contribution in [2.75, 3.05) is 31.3 Å². The van der Waals surface area contributed by atoms with Crippen LogP contribution in [0.4, 0.5) is 22.0 Å². The molecule has 5 nitrogen and oxygen atoms in total. The van der Waals surface area contributed by atoms with Gasteiger partial charge in [0.1, 0.15) is 11.5 Å². The largest absolute Gasteiger partial charge is 0.493 e. The lowest BCUT2D eigenvalue weighted by molar-refractivity contribution is -0.284.